The normalized spacial score (nSPS) is 28.6. The Morgan fingerprint density at radius 3 is 2.50 bits per heavy atom. The first-order valence-corrected chi connectivity index (χ1v) is 4.59. The van der Waals surface area contributed by atoms with Crippen molar-refractivity contribution in [3.63, 3.8) is 0 Å². The van der Waals surface area contributed by atoms with Crippen LogP contribution in [0.25, 0.3) is 0 Å². The van der Waals surface area contributed by atoms with E-state index < -0.39 is 17.8 Å². The number of methoxy groups -OCH3 is 1. The lowest BCUT2D eigenvalue weighted by atomic mass is 10.1. The van der Waals surface area contributed by atoms with Gasteiger partial charge >= 0.3 is 0 Å². The summed E-state index contributed by atoms with van der Waals surface area (Å²) in [6.45, 7) is 1.57. The van der Waals surface area contributed by atoms with Crippen LogP contribution in [0.5, 0.6) is 5.75 Å². The van der Waals surface area contributed by atoms with Gasteiger partial charge in [-0.15, -0.1) is 0 Å². The molecule has 2 unspecified atom stereocenters. The van der Waals surface area contributed by atoms with E-state index >= 15 is 0 Å². The third kappa shape index (κ3) is 1.27. The Balaban J connectivity index is 2.26. The number of hydrogen-bond acceptors (Lipinski definition) is 1. The van der Waals surface area contributed by atoms with Crippen LogP contribution < -0.4 is 4.74 Å². The van der Waals surface area contributed by atoms with Crippen molar-refractivity contribution < 1.29 is 13.5 Å². The molecule has 1 saturated carbocycles. The predicted molar refractivity (Wildman–Crippen MR) is 49.8 cm³/mol. The SMILES string of the molecule is COc1cccc(C2C(C)C2(F)F)c1. The highest BCUT2D eigenvalue weighted by atomic mass is 19.3. The summed E-state index contributed by atoms with van der Waals surface area (Å²) in [4.78, 5) is 0. The van der Waals surface area contributed by atoms with Crippen LogP contribution in [0.1, 0.15) is 18.4 Å². The van der Waals surface area contributed by atoms with Crippen molar-refractivity contribution in [3.05, 3.63) is 29.8 Å². The fourth-order valence-electron chi connectivity index (χ4n) is 1.83. The second-order valence-electron chi connectivity index (χ2n) is 3.72. The Labute approximate surface area is 81.7 Å². The van der Waals surface area contributed by atoms with Gasteiger partial charge in [0, 0.05) is 5.92 Å². The standard InChI is InChI=1S/C11H12F2O/c1-7-10(11(7,12)13)8-4-3-5-9(6-8)14-2/h3-7,10H,1-2H3. The molecule has 0 saturated heterocycles. The molecule has 2 atom stereocenters. The predicted octanol–water partition coefficient (Wildman–Crippen LogP) is 3.06. The van der Waals surface area contributed by atoms with E-state index in [1.165, 1.54) is 7.11 Å². The summed E-state index contributed by atoms with van der Waals surface area (Å²) in [5.41, 5.74) is 0.668. The van der Waals surface area contributed by atoms with Gasteiger partial charge in [0.2, 0.25) is 0 Å². The van der Waals surface area contributed by atoms with E-state index in [1.54, 1.807) is 31.2 Å². The van der Waals surface area contributed by atoms with Crippen molar-refractivity contribution in [2.24, 2.45) is 5.92 Å². The highest BCUT2D eigenvalue weighted by molar-refractivity contribution is 5.37. The highest BCUT2D eigenvalue weighted by Gasteiger charge is 2.65. The van der Waals surface area contributed by atoms with Gasteiger partial charge in [0.05, 0.1) is 13.0 Å². The number of ether oxygens (including phenoxy) is 1. The van der Waals surface area contributed by atoms with Crippen molar-refractivity contribution in [2.75, 3.05) is 7.11 Å². The molecule has 0 radical (unpaired) electrons. The van der Waals surface area contributed by atoms with Gasteiger partial charge in [-0.2, -0.15) is 0 Å². The molecule has 0 aliphatic heterocycles. The van der Waals surface area contributed by atoms with E-state index in [1.807, 2.05) is 0 Å². The van der Waals surface area contributed by atoms with Crippen LogP contribution >= 0.6 is 0 Å². The molecule has 1 fully saturated rings. The minimum absolute atomic E-state index is 0.547. The summed E-state index contributed by atoms with van der Waals surface area (Å²) in [6, 6.07) is 6.91. The molecule has 0 heterocycles. The maximum atomic E-state index is 13.1. The lowest BCUT2D eigenvalue weighted by Gasteiger charge is -2.02. The molecule has 76 valence electrons. The van der Waals surface area contributed by atoms with E-state index in [0.29, 0.717) is 11.3 Å². The molecule has 0 bridgehead atoms. The molecule has 2 rings (SSSR count). The number of hydrogen-bond donors (Lipinski definition) is 0. The van der Waals surface area contributed by atoms with Crippen molar-refractivity contribution >= 4 is 0 Å². The van der Waals surface area contributed by atoms with E-state index in [9.17, 15) is 8.78 Å². The molecular formula is C11H12F2O. The van der Waals surface area contributed by atoms with Gasteiger partial charge in [0.15, 0.2) is 0 Å². The van der Waals surface area contributed by atoms with Gasteiger partial charge in [0.25, 0.3) is 5.92 Å². The maximum Gasteiger partial charge on any atom is 0.258 e. The van der Waals surface area contributed by atoms with Crippen molar-refractivity contribution in [3.8, 4) is 5.75 Å². The topological polar surface area (TPSA) is 9.23 Å². The molecule has 1 aromatic rings. The Hall–Kier alpha value is -1.12. The molecule has 0 amide bonds. The monoisotopic (exact) mass is 198 g/mol. The first kappa shape index (κ1) is 9.44. The van der Waals surface area contributed by atoms with Crippen molar-refractivity contribution in [1.82, 2.24) is 0 Å². The van der Waals surface area contributed by atoms with Gasteiger partial charge in [-0.3, -0.25) is 0 Å². The third-order valence-corrected chi connectivity index (χ3v) is 2.87. The van der Waals surface area contributed by atoms with E-state index in [0.717, 1.165) is 0 Å². The number of alkyl halides is 2. The minimum Gasteiger partial charge on any atom is -0.497 e. The van der Waals surface area contributed by atoms with Gasteiger partial charge in [0.1, 0.15) is 5.75 Å². The zero-order chi connectivity index (χ0) is 10.3. The molecule has 1 aromatic carbocycles. The Kier molecular flexibility index (Phi) is 1.98. The molecule has 0 spiro atoms. The molecule has 0 aromatic heterocycles. The average Bonchev–Trinajstić information content (AvgIpc) is 2.66. The fourth-order valence-corrected chi connectivity index (χ4v) is 1.83. The minimum atomic E-state index is -2.54. The summed E-state index contributed by atoms with van der Waals surface area (Å²) in [5.74, 6) is -3.07. The van der Waals surface area contributed by atoms with Crippen molar-refractivity contribution in [2.45, 2.75) is 18.8 Å². The molecule has 14 heavy (non-hydrogen) atoms. The lowest BCUT2D eigenvalue weighted by molar-refractivity contribution is 0.0963. The first-order chi connectivity index (χ1) is 6.57. The van der Waals surface area contributed by atoms with Gasteiger partial charge < -0.3 is 4.74 Å². The first-order valence-electron chi connectivity index (χ1n) is 4.59. The van der Waals surface area contributed by atoms with Crippen LogP contribution in [0.2, 0.25) is 0 Å². The average molecular weight is 198 g/mol. The summed E-state index contributed by atoms with van der Waals surface area (Å²) in [6.07, 6.45) is 0. The van der Waals surface area contributed by atoms with Crippen LogP contribution in [0.4, 0.5) is 8.78 Å². The van der Waals surface area contributed by atoms with Crippen LogP contribution in [0.3, 0.4) is 0 Å². The largest absolute Gasteiger partial charge is 0.497 e. The number of benzene rings is 1. The second-order valence-corrected chi connectivity index (χ2v) is 3.72. The molecule has 1 aliphatic rings. The van der Waals surface area contributed by atoms with Gasteiger partial charge in [-0.1, -0.05) is 19.1 Å². The van der Waals surface area contributed by atoms with E-state index in [-0.39, 0.29) is 0 Å². The van der Waals surface area contributed by atoms with Gasteiger partial charge in [-0.05, 0) is 17.7 Å². The van der Waals surface area contributed by atoms with E-state index in [4.69, 9.17) is 4.74 Å². The Bertz CT molecular complexity index is 349. The number of halogens is 2. The smallest absolute Gasteiger partial charge is 0.258 e. The number of rotatable bonds is 2. The third-order valence-electron chi connectivity index (χ3n) is 2.87. The summed E-state index contributed by atoms with van der Waals surface area (Å²) in [7, 11) is 1.54. The zero-order valence-electron chi connectivity index (χ0n) is 8.13. The molecule has 0 N–H and O–H groups in total. The lowest BCUT2D eigenvalue weighted by Crippen LogP contribution is -1.93. The van der Waals surface area contributed by atoms with Crippen LogP contribution in [-0.2, 0) is 0 Å². The van der Waals surface area contributed by atoms with Crippen LogP contribution in [0, 0.1) is 5.92 Å². The maximum absolute atomic E-state index is 13.1. The Morgan fingerprint density at radius 1 is 1.36 bits per heavy atom. The van der Waals surface area contributed by atoms with Crippen LogP contribution in [0.15, 0.2) is 24.3 Å². The molecule has 3 heteroatoms. The van der Waals surface area contributed by atoms with Crippen LogP contribution in [-0.4, -0.2) is 13.0 Å². The summed E-state index contributed by atoms with van der Waals surface area (Å²) in [5, 5.41) is 0. The Morgan fingerprint density at radius 2 is 2.00 bits per heavy atom. The molecular weight excluding hydrogens is 186 g/mol. The van der Waals surface area contributed by atoms with Crippen molar-refractivity contribution in [1.29, 1.82) is 0 Å². The fraction of sp³-hybridized carbons (Fsp3) is 0.455. The second kappa shape index (κ2) is 2.94. The molecule has 1 nitrogen and oxygen atoms in total. The van der Waals surface area contributed by atoms with E-state index in [2.05, 4.69) is 0 Å². The zero-order valence-corrected chi connectivity index (χ0v) is 8.13. The molecule has 1 aliphatic carbocycles. The summed E-state index contributed by atoms with van der Waals surface area (Å²) < 4.78 is 31.1. The van der Waals surface area contributed by atoms with Gasteiger partial charge in [-0.25, -0.2) is 8.78 Å². The highest BCUT2D eigenvalue weighted by Crippen LogP contribution is 2.61. The summed E-state index contributed by atoms with van der Waals surface area (Å²) >= 11 is 0. The quantitative estimate of drug-likeness (QED) is 0.709.